The monoisotopic (exact) mass is 331 g/mol. The predicted molar refractivity (Wildman–Crippen MR) is 85.8 cm³/mol. The fourth-order valence-electron chi connectivity index (χ4n) is 2.84. The van der Waals surface area contributed by atoms with Gasteiger partial charge in [-0.3, -0.25) is 4.79 Å². The van der Waals surface area contributed by atoms with Gasteiger partial charge in [-0.15, -0.1) is 10.2 Å². The van der Waals surface area contributed by atoms with Gasteiger partial charge in [-0.25, -0.2) is 0 Å². The molecule has 7 heteroatoms. The van der Waals surface area contributed by atoms with Gasteiger partial charge in [0.2, 0.25) is 0 Å². The summed E-state index contributed by atoms with van der Waals surface area (Å²) >= 11 is 0. The number of rotatable bonds is 6. The van der Waals surface area contributed by atoms with E-state index >= 15 is 0 Å². The number of hydrogen-bond acceptors (Lipinski definition) is 6. The number of esters is 1. The first-order valence-electron chi connectivity index (χ1n) is 8.06. The average Bonchev–Trinajstić information content (AvgIpc) is 3.03. The maximum Gasteiger partial charge on any atom is 0.310 e. The van der Waals surface area contributed by atoms with E-state index in [2.05, 4.69) is 10.2 Å². The Morgan fingerprint density at radius 2 is 2.00 bits per heavy atom. The van der Waals surface area contributed by atoms with E-state index < -0.39 is 0 Å². The lowest BCUT2D eigenvalue weighted by Crippen LogP contribution is -2.29. The van der Waals surface area contributed by atoms with Crippen molar-refractivity contribution < 1.29 is 19.0 Å². The van der Waals surface area contributed by atoms with Crippen molar-refractivity contribution in [3.05, 3.63) is 35.9 Å². The predicted octanol–water partition coefficient (Wildman–Crippen LogP) is 1.99. The van der Waals surface area contributed by atoms with Crippen molar-refractivity contribution in [2.75, 3.05) is 13.7 Å². The first-order valence-corrected chi connectivity index (χ1v) is 8.06. The third kappa shape index (κ3) is 3.34. The maximum atomic E-state index is 11.8. The summed E-state index contributed by atoms with van der Waals surface area (Å²) in [4.78, 5) is 11.8. The molecular weight excluding hydrogens is 310 g/mol. The Morgan fingerprint density at radius 3 is 2.71 bits per heavy atom. The summed E-state index contributed by atoms with van der Waals surface area (Å²) in [5, 5.41) is 8.40. The molecule has 128 valence electrons. The van der Waals surface area contributed by atoms with Gasteiger partial charge in [-0.2, -0.15) is 0 Å². The Labute approximate surface area is 140 Å². The minimum atomic E-state index is -0.192. The summed E-state index contributed by atoms with van der Waals surface area (Å²) in [6, 6.07) is 7.52. The van der Waals surface area contributed by atoms with Crippen molar-refractivity contribution in [1.82, 2.24) is 14.8 Å². The van der Waals surface area contributed by atoms with E-state index in [9.17, 15) is 4.79 Å². The van der Waals surface area contributed by atoms with Crippen LogP contribution in [0.4, 0.5) is 0 Å². The van der Waals surface area contributed by atoms with Gasteiger partial charge in [0, 0.05) is 13.0 Å². The normalized spacial score (nSPS) is 16.3. The van der Waals surface area contributed by atoms with Crippen LogP contribution in [0, 0.1) is 5.92 Å². The molecule has 0 saturated heterocycles. The zero-order chi connectivity index (χ0) is 16.9. The van der Waals surface area contributed by atoms with Crippen molar-refractivity contribution in [2.24, 2.45) is 5.92 Å². The Balaban J connectivity index is 1.72. The average molecular weight is 331 g/mol. The van der Waals surface area contributed by atoms with Crippen LogP contribution in [-0.2, 0) is 29.1 Å². The van der Waals surface area contributed by atoms with Gasteiger partial charge in [0.25, 0.3) is 0 Å². The molecule has 1 unspecified atom stereocenters. The van der Waals surface area contributed by atoms with Gasteiger partial charge in [-0.05, 0) is 25.5 Å². The summed E-state index contributed by atoms with van der Waals surface area (Å²) in [5.41, 5.74) is 0. The van der Waals surface area contributed by atoms with Crippen LogP contribution in [0.15, 0.2) is 24.3 Å². The summed E-state index contributed by atoms with van der Waals surface area (Å²) in [6.07, 6.45) is 1.45. The number of carbonyl (C=O) groups excluding carboxylic acids is 1. The van der Waals surface area contributed by atoms with E-state index in [0.717, 1.165) is 12.2 Å². The van der Waals surface area contributed by atoms with Gasteiger partial charge < -0.3 is 18.8 Å². The summed E-state index contributed by atoms with van der Waals surface area (Å²) in [7, 11) is 1.42. The summed E-state index contributed by atoms with van der Waals surface area (Å²) in [6.45, 7) is 3.30. The van der Waals surface area contributed by atoms with E-state index in [-0.39, 0.29) is 18.5 Å². The number of benzene rings is 1. The van der Waals surface area contributed by atoms with Gasteiger partial charge in [0.1, 0.15) is 12.4 Å². The Kier molecular flexibility index (Phi) is 4.98. The van der Waals surface area contributed by atoms with Crippen molar-refractivity contribution in [1.29, 1.82) is 0 Å². The molecule has 3 rings (SSSR count). The van der Waals surface area contributed by atoms with E-state index in [4.69, 9.17) is 14.2 Å². The van der Waals surface area contributed by atoms with Crippen LogP contribution >= 0.6 is 0 Å². The van der Waals surface area contributed by atoms with E-state index in [1.165, 1.54) is 7.11 Å². The first-order chi connectivity index (χ1) is 11.7. The zero-order valence-corrected chi connectivity index (χ0v) is 13.9. The van der Waals surface area contributed by atoms with E-state index in [0.29, 0.717) is 36.9 Å². The molecule has 1 aromatic heterocycles. The highest BCUT2D eigenvalue weighted by atomic mass is 16.5. The number of carbonyl (C=O) groups is 1. The molecule has 2 aromatic rings. The number of hydrogen-bond donors (Lipinski definition) is 0. The number of methoxy groups -OCH3 is 1. The molecule has 0 amide bonds. The van der Waals surface area contributed by atoms with Gasteiger partial charge >= 0.3 is 5.97 Å². The highest BCUT2D eigenvalue weighted by Crippen LogP contribution is 2.28. The third-order valence-electron chi connectivity index (χ3n) is 4.06. The molecule has 2 heterocycles. The third-order valence-corrected chi connectivity index (χ3v) is 4.06. The fourth-order valence-corrected chi connectivity index (χ4v) is 2.84. The quantitative estimate of drug-likeness (QED) is 0.754. The van der Waals surface area contributed by atoms with Crippen LogP contribution in [0.5, 0.6) is 11.5 Å². The zero-order valence-electron chi connectivity index (χ0n) is 13.9. The topological polar surface area (TPSA) is 75.5 Å². The molecule has 1 aromatic carbocycles. The molecule has 1 aliphatic rings. The molecule has 0 N–H and O–H groups in total. The molecule has 7 nitrogen and oxygen atoms in total. The lowest BCUT2D eigenvalue weighted by atomic mass is 9.99. The van der Waals surface area contributed by atoms with Crippen LogP contribution in [0.25, 0.3) is 0 Å². The van der Waals surface area contributed by atoms with Crippen LogP contribution < -0.4 is 9.47 Å². The van der Waals surface area contributed by atoms with Gasteiger partial charge in [0.05, 0.1) is 19.6 Å². The van der Waals surface area contributed by atoms with E-state index in [1.54, 1.807) is 0 Å². The molecule has 0 radical (unpaired) electrons. The molecule has 1 atom stereocenters. The SMILES string of the molecule is CCOc1ccccc1OCc1nnc2n1CC(C(=O)OC)CC2. The Hall–Kier alpha value is -2.57. The second-order valence-electron chi connectivity index (χ2n) is 5.57. The van der Waals surface area contributed by atoms with Crippen LogP contribution in [0.2, 0.25) is 0 Å². The van der Waals surface area contributed by atoms with Crippen molar-refractivity contribution in [3.63, 3.8) is 0 Å². The highest BCUT2D eigenvalue weighted by Gasteiger charge is 2.28. The lowest BCUT2D eigenvalue weighted by molar-refractivity contribution is -0.146. The molecule has 24 heavy (non-hydrogen) atoms. The number of fused-ring (bicyclic) bond motifs is 1. The molecule has 0 fully saturated rings. The summed E-state index contributed by atoms with van der Waals surface area (Å²) < 4.78 is 18.2. The number of ether oxygens (including phenoxy) is 3. The van der Waals surface area contributed by atoms with Gasteiger partial charge in [0.15, 0.2) is 17.3 Å². The highest BCUT2D eigenvalue weighted by molar-refractivity contribution is 5.72. The van der Waals surface area contributed by atoms with Crippen molar-refractivity contribution in [3.8, 4) is 11.5 Å². The molecule has 0 spiro atoms. The van der Waals surface area contributed by atoms with Crippen LogP contribution in [-0.4, -0.2) is 34.5 Å². The fraction of sp³-hybridized carbons (Fsp3) is 0.471. The summed E-state index contributed by atoms with van der Waals surface area (Å²) in [5.74, 6) is 2.59. The first kappa shape index (κ1) is 16.3. The lowest BCUT2D eigenvalue weighted by Gasteiger charge is -2.22. The number of nitrogens with zero attached hydrogens (tertiary/aromatic N) is 3. The second-order valence-corrected chi connectivity index (χ2v) is 5.57. The number of aromatic nitrogens is 3. The van der Waals surface area contributed by atoms with Crippen molar-refractivity contribution in [2.45, 2.75) is 32.9 Å². The number of para-hydroxylation sites is 2. The number of aryl methyl sites for hydroxylation is 1. The van der Waals surface area contributed by atoms with Crippen molar-refractivity contribution >= 4 is 5.97 Å². The molecule has 0 saturated carbocycles. The molecule has 0 bridgehead atoms. The molecular formula is C17H21N3O4. The smallest absolute Gasteiger partial charge is 0.310 e. The van der Waals surface area contributed by atoms with Crippen LogP contribution in [0.3, 0.4) is 0 Å². The van der Waals surface area contributed by atoms with Crippen LogP contribution in [0.1, 0.15) is 25.0 Å². The van der Waals surface area contributed by atoms with E-state index in [1.807, 2.05) is 35.8 Å². The standard InChI is InChI=1S/C17H21N3O4/c1-3-23-13-6-4-5-7-14(13)24-11-16-19-18-15-9-8-12(10-20(15)16)17(21)22-2/h4-7,12H,3,8-11H2,1-2H3. The van der Waals surface area contributed by atoms with Gasteiger partial charge in [-0.1, -0.05) is 12.1 Å². The largest absolute Gasteiger partial charge is 0.490 e. The minimum absolute atomic E-state index is 0.159. The Bertz CT molecular complexity index is 714. The molecule has 0 aliphatic carbocycles. The molecule has 1 aliphatic heterocycles. The Morgan fingerprint density at radius 1 is 1.25 bits per heavy atom. The second kappa shape index (κ2) is 7.33. The minimum Gasteiger partial charge on any atom is -0.490 e. The maximum absolute atomic E-state index is 11.8.